The molecule has 1 aromatic heterocycles. The van der Waals surface area contributed by atoms with Crippen LogP contribution >= 0.6 is 11.6 Å². The molecule has 0 fully saturated rings. The van der Waals surface area contributed by atoms with Crippen molar-refractivity contribution in [2.75, 3.05) is 18.6 Å². The van der Waals surface area contributed by atoms with Crippen LogP contribution in [0.3, 0.4) is 0 Å². The fourth-order valence-electron chi connectivity index (χ4n) is 2.53. The van der Waals surface area contributed by atoms with E-state index in [1.54, 1.807) is 6.07 Å². The Hall–Kier alpha value is -3.72. The molecular formula is C21H16ClF2N3O4. The van der Waals surface area contributed by atoms with Gasteiger partial charge in [0.25, 0.3) is 11.8 Å². The Morgan fingerprint density at radius 1 is 1.13 bits per heavy atom. The first-order chi connectivity index (χ1) is 14.9. The molecule has 0 bridgehead atoms. The Balaban J connectivity index is 1.79. The number of nitrogens with one attached hydrogen (secondary N) is 3. The molecule has 3 N–H and O–H groups in total. The number of hydrogen-bond acceptors (Lipinski definition) is 6. The van der Waals surface area contributed by atoms with Gasteiger partial charge >= 0.3 is 0 Å². The molecule has 0 aliphatic rings. The maximum atomic E-state index is 14.3. The van der Waals surface area contributed by atoms with Crippen molar-refractivity contribution in [1.82, 2.24) is 0 Å². The van der Waals surface area contributed by atoms with E-state index in [0.717, 1.165) is 6.07 Å². The number of benzene rings is 2. The van der Waals surface area contributed by atoms with Crippen molar-refractivity contribution in [3.63, 3.8) is 0 Å². The summed E-state index contributed by atoms with van der Waals surface area (Å²) in [5.74, 6) is -2.17. The standard InChI is InChI=1S/C21H16ClF2N3O4/c22-13-4-6-17(30-9-7-23)14(11-13)21(28)27-16-10-12(3-5-15(16)24)19(25)31-20(26)18-2-1-8-29-18/h1-6,8,10-11,25-26H,7,9H2,(H,27,28). The highest BCUT2D eigenvalue weighted by molar-refractivity contribution is 6.31. The van der Waals surface area contributed by atoms with E-state index in [0.29, 0.717) is 0 Å². The second kappa shape index (κ2) is 9.86. The zero-order valence-corrected chi connectivity index (χ0v) is 16.6. The van der Waals surface area contributed by atoms with Crippen LogP contribution in [0.2, 0.25) is 5.02 Å². The summed E-state index contributed by atoms with van der Waals surface area (Å²) in [5.41, 5.74) is -0.151. The number of alkyl halides is 1. The molecule has 160 valence electrons. The van der Waals surface area contributed by atoms with Crippen LogP contribution in [-0.2, 0) is 4.74 Å². The maximum absolute atomic E-state index is 14.3. The third kappa shape index (κ3) is 5.46. The van der Waals surface area contributed by atoms with Crippen LogP contribution in [0, 0.1) is 16.6 Å². The molecule has 0 aliphatic heterocycles. The highest BCUT2D eigenvalue weighted by atomic mass is 35.5. The minimum absolute atomic E-state index is 0.0170. The summed E-state index contributed by atoms with van der Waals surface area (Å²) >= 11 is 5.93. The molecular weight excluding hydrogens is 432 g/mol. The van der Waals surface area contributed by atoms with Crippen LogP contribution in [0.15, 0.2) is 59.2 Å². The monoisotopic (exact) mass is 447 g/mol. The van der Waals surface area contributed by atoms with Crippen molar-refractivity contribution in [2.45, 2.75) is 0 Å². The molecule has 0 radical (unpaired) electrons. The van der Waals surface area contributed by atoms with Gasteiger partial charge in [0.05, 0.1) is 17.5 Å². The SMILES string of the molecule is N=C(OC(=N)c1ccco1)c1ccc(F)c(NC(=O)c2cc(Cl)ccc2OCCF)c1. The van der Waals surface area contributed by atoms with E-state index in [-0.39, 0.29) is 40.0 Å². The first kappa shape index (κ1) is 22.0. The van der Waals surface area contributed by atoms with Crippen molar-refractivity contribution in [3.05, 3.63) is 82.5 Å². The molecule has 1 amide bonds. The molecule has 0 saturated carbocycles. The number of halogens is 3. The zero-order valence-electron chi connectivity index (χ0n) is 15.9. The molecule has 2 aromatic carbocycles. The average molecular weight is 448 g/mol. The molecule has 31 heavy (non-hydrogen) atoms. The van der Waals surface area contributed by atoms with Crippen LogP contribution < -0.4 is 10.1 Å². The lowest BCUT2D eigenvalue weighted by Crippen LogP contribution is -2.17. The van der Waals surface area contributed by atoms with Gasteiger partial charge in [-0.15, -0.1) is 0 Å². The van der Waals surface area contributed by atoms with E-state index < -0.39 is 30.2 Å². The van der Waals surface area contributed by atoms with Crippen LogP contribution in [0.5, 0.6) is 5.75 Å². The van der Waals surface area contributed by atoms with Gasteiger partial charge in [0.2, 0.25) is 5.90 Å². The predicted octanol–water partition coefficient (Wildman–Crippen LogP) is 5.04. The van der Waals surface area contributed by atoms with Crippen molar-refractivity contribution in [1.29, 1.82) is 10.8 Å². The van der Waals surface area contributed by atoms with Gasteiger partial charge in [0, 0.05) is 10.6 Å². The van der Waals surface area contributed by atoms with Crippen molar-refractivity contribution >= 4 is 35.0 Å². The molecule has 0 atom stereocenters. The molecule has 7 nitrogen and oxygen atoms in total. The molecule has 0 aliphatic carbocycles. The number of furan rings is 1. The fraction of sp³-hybridized carbons (Fsp3) is 0.0952. The lowest BCUT2D eigenvalue weighted by Gasteiger charge is -2.13. The van der Waals surface area contributed by atoms with Crippen LogP contribution in [0.4, 0.5) is 14.5 Å². The summed E-state index contributed by atoms with van der Waals surface area (Å²) in [6.45, 7) is -1.02. The van der Waals surface area contributed by atoms with Gasteiger partial charge in [-0.25, -0.2) is 8.78 Å². The zero-order chi connectivity index (χ0) is 22.4. The van der Waals surface area contributed by atoms with Gasteiger partial charge in [-0.1, -0.05) is 11.6 Å². The van der Waals surface area contributed by atoms with E-state index >= 15 is 0 Å². The van der Waals surface area contributed by atoms with Crippen molar-refractivity contribution in [2.24, 2.45) is 0 Å². The number of rotatable bonds is 7. The van der Waals surface area contributed by atoms with Crippen LogP contribution in [-0.4, -0.2) is 31.0 Å². The summed E-state index contributed by atoms with van der Waals surface area (Å²) in [7, 11) is 0. The van der Waals surface area contributed by atoms with Gasteiger partial charge in [-0.3, -0.25) is 15.6 Å². The second-order valence-electron chi connectivity index (χ2n) is 6.06. The number of carbonyl (C=O) groups is 1. The minimum Gasteiger partial charge on any atom is -0.490 e. The lowest BCUT2D eigenvalue weighted by atomic mass is 10.1. The van der Waals surface area contributed by atoms with E-state index in [1.165, 1.54) is 42.7 Å². The van der Waals surface area contributed by atoms with E-state index in [1.807, 2.05) is 0 Å². The summed E-state index contributed by atoms with van der Waals surface area (Å²) in [6, 6.07) is 10.7. The molecule has 0 spiro atoms. The van der Waals surface area contributed by atoms with Crippen LogP contribution in [0.25, 0.3) is 0 Å². The number of anilines is 1. The average Bonchev–Trinajstić information content (AvgIpc) is 3.29. The topological polar surface area (TPSA) is 108 Å². The van der Waals surface area contributed by atoms with Gasteiger partial charge in [-0.2, -0.15) is 0 Å². The Morgan fingerprint density at radius 2 is 1.94 bits per heavy atom. The minimum atomic E-state index is -0.765. The van der Waals surface area contributed by atoms with Crippen molar-refractivity contribution < 1.29 is 27.5 Å². The quantitative estimate of drug-likeness (QED) is 0.348. The number of hydrogen-bond donors (Lipinski definition) is 3. The molecule has 10 heteroatoms. The summed E-state index contributed by atoms with van der Waals surface area (Å²) in [5, 5.41) is 18.4. The normalized spacial score (nSPS) is 10.4. The van der Waals surface area contributed by atoms with Gasteiger partial charge < -0.3 is 19.2 Å². The first-order valence-corrected chi connectivity index (χ1v) is 9.25. The summed E-state index contributed by atoms with van der Waals surface area (Å²) in [6.07, 6.45) is 1.35. The third-order valence-electron chi connectivity index (χ3n) is 3.95. The van der Waals surface area contributed by atoms with Gasteiger partial charge in [-0.05, 0) is 48.5 Å². The fourth-order valence-corrected chi connectivity index (χ4v) is 2.70. The van der Waals surface area contributed by atoms with E-state index in [4.69, 9.17) is 36.3 Å². The highest BCUT2D eigenvalue weighted by Gasteiger charge is 2.18. The Labute approximate surface area is 180 Å². The Kier molecular flexibility index (Phi) is 6.99. The van der Waals surface area contributed by atoms with Crippen molar-refractivity contribution in [3.8, 4) is 5.75 Å². The van der Waals surface area contributed by atoms with Gasteiger partial charge in [0.1, 0.15) is 24.8 Å². The Morgan fingerprint density at radius 3 is 2.65 bits per heavy atom. The molecule has 1 heterocycles. The number of carbonyl (C=O) groups excluding carboxylic acids is 1. The first-order valence-electron chi connectivity index (χ1n) is 8.87. The smallest absolute Gasteiger partial charge is 0.259 e. The van der Waals surface area contributed by atoms with E-state index in [2.05, 4.69) is 5.32 Å². The predicted molar refractivity (Wildman–Crippen MR) is 111 cm³/mol. The molecule has 3 aromatic rings. The van der Waals surface area contributed by atoms with Gasteiger partial charge in [0.15, 0.2) is 5.76 Å². The molecule has 0 saturated heterocycles. The highest BCUT2D eigenvalue weighted by Crippen LogP contribution is 2.25. The number of amides is 1. The lowest BCUT2D eigenvalue weighted by molar-refractivity contribution is 0.102. The van der Waals surface area contributed by atoms with Crippen LogP contribution in [0.1, 0.15) is 21.7 Å². The summed E-state index contributed by atoms with van der Waals surface area (Å²) in [4.78, 5) is 12.7. The Bertz CT molecular complexity index is 1120. The molecule has 3 rings (SSSR count). The third-order valence-corrected chi connectivity index (χ3v) is 4.18. The van der Waals surface area contributed by atoms with E-state index in [9.17, 15) is 13.6 Å². The molecule has 0 unspecified atom stereocenters. The summed E-state index contributed by atoms with van der Waals surface area (Å²) < 4.78 is 42.0. The maximum Gasteiger partial charge on any atom is 0.259 e. The second-order valence-corrected chi connectivity index (χ2v) is 6.50. The number of ether oxygens (including phenoxy) is 2. The largest absolute Gasteiger partial charge is 0.490 e.